The molecular weight excluding hydrogens is 1490 g/mol. The second kappa shape index (κ2) is 57.5. The van der Waals surface area contributed by atoms with Crippen molar-refractivity contribution in [2.24, 2.45) is 45.6 Å². The number of aliphatic hydroxyl groups excluding tert-OH is 1. The molecule has 10 atom stereocenters. The maximum Gasteiger partial charge on any atom is 0.407 e. The molecule has 115 heavy (non-hydrogen) atoms. The van der Waals surface area contributed by atoms with E-state index in [9.17, 15) is 29.1 Å². The first-order valence-electron chi connectivity index (χ1n) is 40.9. The first-order chi connectivity index (χ1) is 52.5. The third-order valence-electron chi connectivity index (χ3n) is 18.4. The van der Waals surface area contributed by atoms with Crippen LogP contribution in [0.3, 0.4) is 0 Å². The molecule has 29 heteroatoms. The number of benzene rings is 2. The highest BCUT2D eigenvalue weighted by Crippen LogP contribution is 2.37. The normalized spacial score (nSPS) is 18.6. The van der Waals surface area contributed by atoms with Gasteiger partial charge in [0, 0.05) is 100 Å². The number of carbonyl (C=O) groups excluding carboxylic acids is 5. The van der Waals surface area contributed by atoms with Gasteiger partial charge in [0.05, 0.1) is 25.3 Å². The molecule has 4 heterocycles. The fourth-order valence-electron chi connectivity index (χ4n) is 13.5. The van der Waals surface area contributed by atoms with Crippen molar-refractivity contribution < 1.29 is 76.1 Å². The van der Waals surface area contributed by atoms with Crippen molar-refractivity contribution in [1.82, 2.24) is 26.6 Å². The van der Waals surface area contributed by atoms with Gasteiger partial charge >= 0.3 is 30.5 Å². The number of alkyl carbamates (subject to hydrolysis) is 5. The number of hydrogen-bond acceptors (Lipinski definition) is 19. The largest absolute Gasteiger partial charge is 0.444 e. The van der Waals surface area contributed by atoms with Crippen molar-refractivity contribution in [1.29, 1.82) is 0 Å². The minimum absolute atomic E-state index is 0. The monoisotopic (exact) mass is 1650 g/mol. The molecule has 4 fully saturated rings. The Balaban J connectivity index is 0. The first kappa shape index (κ1) is 110. The number of nitrogens with one attached hydrogen (secondary N) is 5. The van der Waals surface area contributed by atoms with Crippen LogP contribution in [0.25, 0.3) is 20.9 Å². The smallest absolute Gasteiger partial charge is 0.407 e. The number of azide groups is 2. The molecule has 28 nitrogen and oxygen atoms in total. The lowest BCUT2D eigenvalue weighted by atomic mass is 9.92. The van der Waals surface area contributed by atoms with Crippen LogP contribution < -0.4 is 42.7 Å². The first-order valence-corrected chi connectivity index (χ1v) is 42.8. The summed E-state index contributed by atoms with van der Waals surface area (Å²) in [6.45, 7) is 46.3. The second-order valence-corrected chi connectivity index (χ2v) is 40.2. The summed E-state index contributed by atoms with van der Waals surface area (Å²) in [5, 5.41) is 33.0. The molecule has 2 aromatic carbocycles. The molecular formula is C86H160N12O16Si. The lowest BCUT2D eigenvalue weighted by Gasteiger charge is -2.44. The predicted octanol–water partition coefficient (Wildman–Crippen LogP) is 18.3. The Bertz CT molecular complexity index is 2850. The molecule has 0 aliphatic carbocycles. The molecule has 2 aromatic rings. The van der Waals surface area contributed by atoms with Gasteiger partial charge in [-0.15, -0.1) is 0 Å². The van der Waals surface area contributed by atoms with Crippen LogP contribution in [0.2, 0.25) is 5.04 Å². The van der Waals surface area contributed by atoms with E-state index in [2.05, 4.69) is 142 Å². The van der Waals surface area contributed by atoms with E-state index < -0.39 is 60.7 Å². The zero-order chi connectivity index (χ0) is 84.0. The molecule has 6 rings (SSSR count). The molecule has 0 radical (unpaired) electrons. The molecule has 4 aliphatic heterocycles. The Hall–Kier alpha value is -6.65. The van der Waals surface area contributed by atoms with Crippen molar-refractivity contribution in [2.75, 3.05) is 85.7 Å². The van der Waals surface area contributed by atoms with Gasteiger partial charge in [-0.2, -0.15) is 0 Å². The lowest BCUT2D eigenvalue weighted by Crippen LogP contribution is -2.67. The van der Waals surface area contributed by atoms with Gasteiger partial charge in [0.15, 0.2) is 0 Å². The van der Waals surface area contributed by atoms with Gasteiger partial charge in [-0.25, -0.2) is 24.0 Å². The summed E-state index contributed by atoms with van der Waals surface area (Å²) < 4.78 is 55.3. The van der Waals surface area contributed by atoms with Gasteiger partial charge in [-0.05, 0) is 243 Å². The number of hydrogen-bond donors (Lipinski definition) is 7. The van der Waals surface area contributed by atoms with E-state index in [1.807, 2.05) is 104 Å². The van der Waals surface area contributed by atoms with E-state index in [-0.39, 0.29) is 83.3 Å². The highest BCUT2D eigenvalue weighted by Gasteiger charge is 2.50. The number of unbranched alkanes of at least 4 members (excludes halogenated alkanes) is 1. The summed E-state index contributed by atoms with van der Waals surface area (Å²) in [7, 11) is -2.69. The maximum atomic E-state index is 12.8. The van der Waals surface area contributed by atoms with E-state index in [4.69, 9.17) is 63.9 Å². The molecule has 0 unspecified atom stereocenters. The lowest BCUT2D eigenvalue weighted by molar-refractivity contribution is 0.0342. The molecule has 664 valence electrons. The Morgan fingerprint density at radius 1 is 0.487 bits per heavy atom. The zero-order valence-corrected chi connectivity index (χ0v) is 73.1. The topological polar surface area (TPSA) is 382 Å². The van der Waals surface area contributed by atoms with Crippen molar-refractivity contribution in [3.05, 3.63) is 81.5 Å². The van der Waals surface area contributed by atoms with Crippen molar-refractivity contribution in [2.45, 2.75) is 333 Å². The molecule has 8 N–H and O–H groups in total. The summed E-state index contributed by atoms with van der Waals surface area (Å²) in [4.78, 5) is 65.1. The number of carbonyl (C=O) groups is 5. The standard InChI is InChI=1S/C31H49NO3Si.2C13H24N4O3.C13H26N2O3.C13H25NO4.3CH4/c1-9-11-18-25(10-2)23-26(32-29(33)35-30(3,4)5)24-34-36(31(6,7)8,27-19-14-12-15-20-27)28-21-16-13-17-22-28;2*1-13(2,3)20-12(18)16-11(8-15-17-14)7-10-5-4-6-19-9-10;1-13(2,3)18-12(16)15-11(8-14)7-10-5-4-6-17-9-10;1-13(2,3)18-12(16)14-11(8-15)7-10-5-4-6-17-9-10;;;/h12-17,19-22,25-26H,9-11,18,23-24H2,1-8H3,(H,32,33);2*10-11H,4-9H2,1-3H3,(H,16,18);10-11H,4-9,14H2,1-3H3,(H,15,16);10-11,15H,4-9H2,1-3H3,(H,14,16);3*1H4/t25-,26+;4*10-,11+;;;/m11111.../s1. The summed E-state index contributed by atoms with van der Waals surface area (Å²) >= 11 is 0. The van der Waals surface area contributed by atoms with Gasteiger partial charge in [-0.3, -0.25) is 0 Å². The summed E-state index contributed by atoms with van der Waals surface area (Å²) in [6.07, 6.45) is 15.0. The van der Waals surface area contributed by atoms with Crippen LogP contribution in [0, 0.1) is 29.6 Å². The highest BCUT2D eigenvalue weighted by atomic mass is 28.4. The second-order valence-electron chi connectivity index (χ2n) is 35.9. The van der Waals surface area contributed by atoms with Crippen LogP contribution in [-0.2, 0) is 47.1 Å². The molecule has 0 bridgehead atoms. The van der Waals surface area contributed by atoms with Crippen LogP contribution in [0.1, 0.15) is 270 Å². The van der Waals surface area contributed by atoms with Crippen LogP contribution in [0.15, 0.2) is 70.9 Å². The average Bonchev–Trinajstić information content (AvgIpc) is 0.747. The Morgan fingerprint density at radius 2 is 0.783 bits per heavy atom. The number of nitrogens with zero attached hydrogens (tertiary/aromatic N) is 6. The molecule has 4 saturated heterocycles. The third kappa shape index (κ3) is 52.0. The van der Waals surface area contributed by atoms with E-state index in [1.165, 1.54) is 29.6 Å². The summed E-state index contributed by atoms with van der Waals surface area (Å²) in [5.41, 5.74) is 19.9. The fraction of sp³-hybridized carbons (Fsp3) is 0.802. The Labute approximate surface area is 694 Å². The molecule has 0 spiro atoms. The van der Waals surface area contributed by atoms with Crippen molar-refractivity contribution >= 4 is 49.2 Å². The number of nitrogens with two attached hydrogens (primary N) is 1. The van der Waals surface area contributed by atoms with Gasteiger partial charge < -0.3 is 84.5 Å². The van der Waals surface area contributed by atoms with E-state index in [0.717, 1.165) is 123 Å². The SMILES string of the molecule is C.C.C.CC(C)(C)OC(=O)N[C@H](CN)C[C@H]1CCCOC1.CC(C)(C)OC(=O)N[C@H](CN=[N+]=[N-])C[C@H]1CCCOC1.CC(C)(C)OC(=O)N[C@H](CN=[N+]=[N-])C[C@H]1CCCOC1.CC(C)(C)OC(=O)N[C@H](CO)C[C@H]1CCCOC1.CCCC[C@@H](CC)C[C@@H](CO[Si](c1ccccc1)(c1ccccc1)C(C)(C)C)NC(=O)OC(C)(C)C. The van der Waals surface area contributed by atoms with E-state index >= 15 is 0 Å². The van der Waals surface area contributed by atoms with Crippen molar-refractivity contribution in [3.63, 3.8) is 0 Å². The van der Waals surface area contributed by atoms with Gasteiger partial charge in [0.2, 0.25) is 0 Å². The number of aliphatic hydroxyl groups is 1. The maximum absolute atomic E-state index is 12.8. The molecule has 0 saturated carbocycles. The quantitative estimate of drug-likeness (QED) is 0.0126. The summed E-state index contributed by atoms with van der Waals surface area (Å²) in [5.74, 6) is 2.20. The van der Waals surface area contributed by atoms with Crippen LogP contribution in [0.5, 0.6) is 0 Å². The number of amides is 5. The predicted molar refractivity (Wildman–Crippen MR) is 464 cm³/mol. The average molecular weight is 1650 g/mol. The zero-order valence-electron chi connectivity index (χ0n) is 72.1. The Morgan fingerprint density at radius 3 is 1.04 bits per heavy atom. The Kier molecular flexibility index (Phi) is 55.2. The fourth-order valence-corrected chi connectivity index (χ4v) is 18.1. The van der Waals surface area contributed by atoms with E-state index in [1.54, 1.807) is 0 Å². The van der Waals surface area contributed by atoms with Crippen LogP contribution >= 0.6 is 0 Å². The van der Waals surface area contributed by atoms with Gasteiger partial charge in [0.25, 0.3) is 8.32 Å². The van der Waals surface area contributed by atoms with Gasteiger partial charge in [-0.1, -0.05) is 153 Å². The van der Waals surface area contributed by atoms with Crippen molar-refractivity contribution in [3.8, 4) is 0 Å². The van der Waals surface area contributed by atoms with Gasteiger partial charge in [0.1, 0.15) is 28.0 Å². The minimum Gasteiger partial charge on any atom is -0.444 e. The molecule has 0 aromatic heterocycles. The molecule has 5 amide bonds. The molecule has 4 aliphatic rings. The van der Waals surface area contributed by atoms with E-state index in [0.29, 0.717) is 62.6 Å². The number of ether oxygens (including phenoxy) is 9. The third-order valence-corrected chi connectivity index (χ3v) is 23.4. The van der Waals surface area contributed by atoms with Crippen LogP contribution in [-0.4, -0.2) is 188 Å². The van der Waals surface area contributed by atoms with Crippen LogP contribution in [0.4, 0.5) is 24.0 Å². The highest BCUT2D eigenvalue weighted by molar-refractivity contribution is 6.99. The minimum atomic E-state index is -2.69. The summed E-state index contributed by atoms with van der Waals surface area (Å²) in [6, 6.07) is 20.5. The number of rotatable bonds is 30.